The number of hydrogen-bond donors (Lipinski definition) is 1. The summed E-state index contributed by atoms with van der Waals surface area (Å²) in [5.41, 5.74) is 2.49. The fraction of sp³-hybridized carbons (Fsp3) is 0.429. The fourth-order valence-electron chi connectivity index (χ4n) is 4.63. The molecule has 1 aliphatic heterocycles. The number of likely N-dealkylation sites (tertiary alicyclic amines) is 1. The van der Waals surface area contributed by atoms with Gasteiger partial charge in [0, 0.05) is 25.5 Å². The van der Waals surface area contributed by atoms with Gasteiger partial charge in [-0.15, -0.1) is 0 Å². The number of fused-ring (bicyclic) bond motifs is 1. The topological polar surface area (TPSA) is 45.2 Å². The van der Waals surface area contributed by atoms with Crippen molar-refractivity contribution in [1.82, 2.24) is 15.2 Å². The number of hydrogen-bond acceptors (Lipinski definition) is 3. The summed E-state index contributed by atoms with van der Waals surface area (Å²) in [5, 5.41) is 3.04. The summed E-state index contributed by atoms with van der Waals surface area (Å²) in [6.07, 6.45) is 8.56. The molecular weight excluding hydrogens is 310 g/mol. The summed E-state index contributed by atoms with van der Waals surface area (Å²) in [6.45, 7) is 2.06. The minimum atomic E-state index is 0.0746. The maximum atomic E-state index is 12.5. The smallest absolute Gasteiger partial charge is 0.234 e. The van der Waals surface area contributed by atoms with Crippen LogP contribution < -0.4 is 5.32 Å². The minimum Gasteiger partial charge on any atom is -0.351 e. The number of carbonyl (C=O) groups is 1. The highest BCUT2D eigenvalue weighted by molar-refractivity contribution is 5.78. The lowest BCUT2D eigenvalue weighted by molar-refractivity contribution is -0.142. The minimum absolute atomic E-state index is 0.0746. The van der Waals surface area contributed by atoms with Gasteiger partial charge in [-0.2, -0.15) is 0 Å². The van der Waals surface area contributed by atoms with Crippen LogP contribution in [-0.4, -0.2) is 28.9 Å². The molecule has 0 radical (unpaired) electrons. The summed E-state index contributed by atoms with van der Waals surface area (Å²) in [5.74, 6) is 0.790. The average Bonchev–Trinajstić information content (AvgIpc) is 2.66. The monoisotopic (exact) mass is 335 g/mol. The molecule has 1 saturated heterocycles. The van der Waals surface area contributed by atoms with Gasteiger partial charge in [0.1, 0.15) is 0 Å². The van der Waals surface area contributed by atoms with Gasteiger partial charge >= 0.3 is 0 Å². The summed E-state index contributed by atoms with van der Waals surface area (Å²) >= 11 is 0. The predicted octanol–water partition coefficient (Wildman–Crippen LogP) is 3.10. The third kappa shape index (κ3) is 3.07. The lowest BCUT2D eigenvalue weighted by Crippen LogP contribution is -2.67. The van der Waals surface area contributed by atoms with E-state index in [0.29, 0.717) is 19.0 Å². The van der Waals surface area contributed by atoms with Crippen LogP contribution >= 0.6 is 0 Å². The predicted molar refractivity (Wildman–Crippen MR) is 97.7 cm³/mol. The maximum absolute atomic E-state index is 12.5. The third-order valence-electron chi connectivity index (χ3n) is 5.86. The highest BCUT2D eigenvalue weighted by Gasteiger charge is 2.55. The second-order valence-electron chi connectivity index (χ2n) is 7.25. The number of nitrogens with one attached hydrogen (secondary N) is 1. The van der Waals surface area contributed by atoms with Crippen molar-refractivity contribution < 1.29 is 4.79 Å². The zero-order valence-electron chi connectivity index (χ0n) is 14.5. The second kappa shape index (κ2) is 6.96. The first-order valence-corrected chi connectivity index (χ1v) is 9.25. The van der Waals surface area contributed by atoms with Crippen LogP contribution in [0.5, 0.6) is 0 Å². The van der Waals surface area contributed by atoms with Gasteiger partial charge in [0.25, 0.3) is 0 Å². The van der Waals surface area contributed by atoms with Gasteiger partial charge in [0.2, 0.25) is 5.91 Å². The number of benzene rings is 1. The molecule has 130 valence electrons. The summed E-state index contributed by atoms with van der Waals surface area (Å²) in [6, 6.07) is 14.7. The Kier molecular flexibility index (Phi) is 4.53. The van der Waals surface area contributed by atoms with Gasteiger partial charge < -0.3 is 5.32 Å². The van der Waals surface area contributed by atoms with E-state index in [1.54, 1.807) is 12.4 Å². The third-order valence-corrected chi connectivity index (χ3v) is 5.86. The molecule has 1 aromatic heterocycles. The van der Waals surface area contributed by atoms with Crippen molar-refractivity contribution in [2.75, 3.05) is 13.1 Å². The van der Waals surface area contributed by atoms with Crippen molar-refractivity contribution in [2.45, 2.75) is 37.8 Å². The van der Waals surface area contributed by atoms with Gasteiger partial charge in [0.15, 0.2) is 0 Å². The van der Waals surface area contributed by atoms with Gasteiger partial charge in [0.05, 0.1) is 12.1 Å². The zero-order valence-corrected chi connectivity index (χ0v) is 14.5. The van der Waals surface area contributed by atoms with E-state index < -0.39 is 0 Å². The molecule has 2 heterocycles. The normalized spacial score (nSPS) is 25.7. The van der Waals surface area contributed by atoms with E-state index >= 15 is 0 Å². The van der Waals surface area contributed by atoms with Gasteiger partial charge in [-0.25, -0.2) is 0 Å². The molecule has 0 spiro atoms. The molecule has 1 N–H and O–H groups in total. The fourth-order valence-corrected chi connectivity index (χ4v) is 4.63. The van der Waals surface area contributed by atoms with Crippen LogP contribution in [0.3, 0.4) is 0 Å². The molecule has 2 fully saturated rings. The molecule has 2 aliphatic rings. The maximum Gasteiger partial charge on any atom is 0.234 e. The summed E-state index contributed by atoms with van der Waals surface area (Å²) in [4.78, 5) is 19.0. The first-order chi connectivity index (χ1) is 12.3. The van der Waals surface area contributed by atoms with E-state index in [9.17, 15) is 4.79 Å². The van der Waals surface area contributed by atoms with E-state index in [-0.39, 0.29) is 11.4 Å². The molecule has 0 unspecified atom stereocenters. The number of aromatic nitrogens is 1. The highest BCUT2D eigenvalue weighted by atomic mass is 16.2. The lowest BCUT2D eigenvalue weighted by atomic mass is 9.62. The zero-order chi connectivity index (χ0) is 17.1. The van der Waals surface area contributed by atoms with Gasteiger partial charge in [-0.05, 0) is 36.0 Å². The van der Waals surface area contributed by atoms with Crippen molar-refractivity contribution in [2.24, 2.45) is 5.92 Å². The van der Waals surface area contributed by atoms with Crippen LogP contribution in [0.4, 0.5) is 0 Å². The SMILES string of the molecule is O=C(CN1C[C@H]2CCCC[C@@]21c1ccccc1)NCc1cccnc1. The van der Waals surface area contributed by atoms with Crippen molar-refractivity contribution in [3.8, 4) is 0 Å². The first kappa shape index (κ1) is 16.3. The lowest BCUT2D eigenvalue weighted by Gasteiger charge is -2.61. The molecule has 4 nitrogen and oxygen atoms in total. The van der Waals surface area contributed by atoms with Crippen molar-refractivity contribution in [3.63, 3.8) is 0 Å². The number of amides is 1. The number of rotatable bonds is 5. The number of carbonyl (C=O) groups excluding carboxylic acids is 1. The molecule has 2 atom stereocenters. The number of nitrogens with zero attached hydrogens (tertiary/aromatic N) is 2. The van der Waals surface area contributed by atoms with E-state index in [4.69, 9.17) is 0 Å². The Morgan fingerprint density at radius 1 is 1.20 bits per heavy atom. The largest absolute Gasteiger partial charge is 0.351 e. The van der Waals surface area contributed by atoms with Crippen molar-refractivity contribution >= 4 is 5.91 Å². The Morgan fingerprint density at radius 2 is 2.08 bits per heavy atom. The quantitative estimate of drug-likeness (QED) is 0.913. The Labute approximate surface area is 149 Å². The molecule has 4 rings (SSSR count). The van der Waals surface area contributed by atoms with Crippen LogP contribution in [0.2, 0.25) is 0 Å². The van der Waals surface area contributed by atoms with Crippen molar-refractivity contribution in [3.05, 3.63) is 66.0 Å². The molecule has 1 saturated carbocycles. The molecule has 2 aromatic rings. The van der Waals surface area contributed by atoms with Gasteiger partial charge in [-0.3, -0.25) is 14.7 Å². The van der Waals surface area contributed by atoms with E-state index in [0.717, 1.165) is 18.5 Å². The molecule has 0 bridgehead atoms. The van der Waals surface area contributed by atoms with Gasteiger partial charge in [-0.1, -0.05) is 49.2 Å². The molecular formula is C21H25N3O. The van der Waals surface area contributed by atoms with E-state index in [1.165, 1.54) is 24.8 Å². The Hall–Kier alpha value is -2.20. The summed E-state index contributed by atoms with van der Waals surface area (Å²) < 4.78 is 0. The molecule has 1 aromatic carbocycles. The first-order valence-electron chi connectivity index (χ1n) is 9.25. The Balaban J connectivity index is 1.44. The second-order valence-corrected chi connectivity index (χ2v) is 7.25. The van der Waals surface area contributed by atoms with Crippen LogP contribution in [0.1, 0.15) is 36.8 Å². The number of pyridine rings is 1. The Bertz CT molecular complexity index is 718. The molecule has 25 heavy (non-hydrogen) atoms. The summed E-state index contributed by atoms with van der Waals surface area (Å²) in [7, 11) is 0. The molecule has 1 amide bonds. The molecule has 1 aliphatic carbocycles. The van der Waals surface area contributed by atoms with Crippen molar-refractivity contribution in [1.29, 1.82) is 0 Å². The highest BCUT2D eigenvalue weighted by Crippen LogP contribution is 2.53. The average molecular weight is 335 g/mol. The van der Waals surface area contributed by atoms with E-state index in [2.05, 4.69) is 45.5 Å². The Morgan fingerprint density at radius 3 is 2.84 bits per heavy atom. The van der Waals surface area contributed by atoms with Crippen LogP contribution in [0.15, 0.2) is 54.9 Å². The molecule has 4 heteroatoms. The van der Waals surface area contributed by atoms with Crippen LogP contribution in [0.25, 0.3) is 0 Å². The standard InChI is InChI=1S/C21H25N3O/c25-20(23-14-17-7-6-12-22-13-17)16-24-15-19-10-4-5-11-21(19,24)18-8-2-1-3-9-18/h1-3,6-9,12-13,19H,4-5,10-11,14-16H2,(H,23,25)/t19-,21-/m1/s1. The van der Waals surface area contributed by atoms with E-state index in [1.807, 2.05) is 12.1 Å². The van der Waals surface area contributed by atoms with Crippen LogP contribution in [0, 0.1) is 5.92 Å². The van der Waals surface area contributed by atoms with Crippen LogP contribution in [-0.2, 0) is 16.9 Å².